The van der Waals surface area contributed by atoms with Crippen molar-refractivity contribution >= 4 is 28.6 Å². The first kappa shape index (κ1) is 20.4. The molecule has 3 heterocycles. The maximum Gasteiger partial charge on any atom is 0.242 e. The summed E-state index contributed by atoms with van der Waals surface area (Å²) in [7, 11) is 0. The fourth-order valence-electron chi connectivity index (χ4n) is 4.72. The van der Waals surface area contributed by atoms with E-state index in [1.165, 1.54) is 16.5 Å². The summed E-state index contributed by atoms with van der Waals surface area (Å²) in [4.78, 5) is 42.7. The molecular weight excluding hydrogens is 380 g/mol. The van der Waals surface area contributed by atoms with Crippen LogP contribution in [0.15, 0.2) is 24.4 Å². The second-order valence-corrected chi connectivity index (χ2v) is 9.08. The van der Waals surface area contributed by atoms with Gasteiger partial charge in [-0.15, -0.1) is 0 Å². The van der Waals surface area contributed by atoms with Gasteiger partial charge in [0, 0.05) is 42.7 Å². The van der Waals surface area contributed by atoms with Crippen molar-refractivity contribution < 1.29 is 14.4 Å². The predicted octanol–water partition coefficient (Wildman–Crippen LogP) is 1.90. The maximum absolute atomic E-state index is 12.7. The van der Waals surface area contributed by atoms with Gasteiger partial charge in [0.1, 0.15) is 6.04 Å². The molecule has 2 atom stereocenters. The summed E-state index contributed by atoms with van der Waals surface area (Å²) in [5.41, 5.74) is 2.84. The van der Waals surface area contributed by atoms with Crippen molar-refractivity contribution in [2.45, 2.75) is 46.1 Å². The average molecular weight is 411 g/mol. The molecular formula is C23H30N4O3. The lowest BCUT2D eigenvalue weighted by Gasteiger charge is -2.22. The summed E-state index contributed by atoms with van der Waals surface area (Å²) in [5.74, 6) is -0.266. The molecule has 1 spiro atoms. The average Bonchev–Trinajstić information content (AvgIpc) is 3.40. The minimum Gasteiger partial charge on any atom is -0.361 e. The van der Waals surface area contributed by atoms with Gasteiger partial charge in [-0.1, -0.05) is 25.5 Å². The minimum atomic E-state index is -0.624. The van der Waals surface area contributed by atoms with Crippen LogP contribution in [0.25, 0.3) is 10.9 Å². The van der Waals surface area contributed by atoms with Crippen LogP contribution in [-0.4, -0.2) is 53.3 Å². The molecule has 3 N–H and O–H groups in total. The minimum absolute atomic E-state index is 0.0709. The van der Waals surface area contributed by atoms with Gasteiger partial charge in [0.05, 0.1) is 5.41 Å². The molecule has 4 rings (SSSR count). The lowest BCUT2D eigenvalue weighted by molar-refractivity contribution is -0.134. The molecule has 1 aromatic carbocycles. The van der Waals surface area contributed by atoms with E-state index in [-0.39, 0.29) is 23.6 Å². The van der Waals surface area contributed by atoms with Gasteiger partial charge in [-0.3, -0.25) is 14.4 Å². The van der Waals surface area contributed by atoms with Crippen molar-refractivity contribution in [2.75, 3.05) is 19.6 Å². The Hall–Kier alpha value is -2.83. The van der Waals surface area contributed by atoms with Gasteiger partial charge in [-0.05, 0) is 43.9 Å². The summed E-state index contributed by atoms with van der Waals surface area (Å²) in [5, 5.41) is 7.01. The third kappa shape index (κ3) is 3.68. The van der Waals surface area contributed by atoms with E-state index in [0.29, 0.717) is 32.5 Å². The molecule has 0 aliphatic carbocycles. The van der Waals surface area contributed by atoms with Crippen molar-refractivity contribution in [2.24, 2.45) is 11.3 Å². The number of fused-ring (bicyclic) bond motifs is 1. The van der Waals surface area contributed by atoms with Gasteiger partial charge in [0.25, 0.3) is 0 Å². The highest BCUT2D eigenvalue weighted by Crippen LogP contribution is 2.40. The van der Waals surface area contributed by atoms with Gasteiger partial charge in [-0.2, -0.15) is 0 Å². The van der Waals surface area contributed by atoms with E-state index in [1.807, 2.05) is 20.0 Å². The molecule has 160 valence electrons. The number of aryl methyl sites for hydroxylation is 1. The first-order valence-corrected chi connectivity index (χ1v) is 10.7. The van der Waals surface area contributed by atoms with Gasteiger partial charge < -0.3 is 20.5 Å². The largest absolute Gasteiger partial charge is 0.361 e. The molecule has 0 saturated carbocycles. The van der Waals surface area contributed by atoms with Gasteiger partial charge in [0.15, 0.2) is 0 Å². The van der Waals surface area contributed by atoms with Crippen LogP contribution in [0.3, 0.4) is 0 Å². The molecule has 1 aromatic heterocycles. The number of amides is 3. The third-order valence-corrected chi connectivity index (χ3v) is 6.47. The highest BCUT2D eigenvalue weighted by molar-refractivity contribution is 5.95. The Bertz CT molecular complexity index is 995. The van der Waals surface area contributed by atoms with Gasteiger partial charge >= 0.3 is 0 Å². The van der Waals surface area contributed by atoms with Crippen LogP contribution in [0.2, 0.25) is 0 Å². The standard InChI is InChI=1S/C23H30N4O3/c1-14(2)21(29)27-9-7-23(13-27)11-19(26-22(23)30)20(28)24-8-6-16-12-25-18-5-4-15(3)10-17(16)18/h4-5,10,12,14,19,25H,6-9,11,13H2,1-3H3,(H,24,28)(H,26,30)/t19-,23+/m0/s1. The number of nitrogens with one attached hydrogen (secondary N) is 3. The summed E-state index contributed by atoms with van der Waals surface area (Å²) >= 11 is 0. The van der Waals surface area contributed by atoms with E-state index in [0.717, 1.165) is 11.9 Å². The van der Waals surface area contributed by atoms with E-state index in [9.17, 15) is 14.4 Å². The third-order valence-electron chi connectivity index (χ3n) is 6.47. The number of H-pyrrole nitrogens is 1. The molecule has 7 nitrogen and oxygen atoms in total. The lowest BCUT2D eigenvalue weighted by atomic mass is 9.84. The first-order valence-electron chi connectivity index (χ1n) is 10.7. The summed E-state index contributed by atoms with van der Waals surface area (Å²) in [6.07, 6.45) is 3.78. The van der Waals surface area contributed by atoms with E-state index >= 15 is 0 Å². The van der Waals surface area contributed by atoms with Crippen LogP contribution < -0.4 is 10.6 Å². The van der Waals surface area contributed by atoms with Gasteiger partial charge in [0.2, 0.25) is 17.7 Å². The zero-order valence-corrected chi connectivity index (χ0v) is 17.9. The quantitative estimate of drug-likeness (QED) is 0.703. The van der Waals surface area contributed by atoms with E-state index < -0.39 is 11.5 Å². The number of aromatic amines is 1. The molecule has 0 radical (unpaired) electrons. The zero-order chi connectivity index (χ0) is 21.5. The number of benzene rings is 1. The van der Waals surface area contributed by atoms with Crippen LogP contribution in [-0.2, 0) is 20.8 Å². The van der Waals surface area contributed by atoms with Crippen LogP contribution in [0.4, 0.5) is 0 Å². The number of hydrogen-bond acceptors (Lipinski definition) is 3. The molecule has 2 aliphatic heterocycles. The van der Waals surface area contributed by atoms with Crippen LogP contribution in [0.1, 0.15) is 37.8 Å². The van der Waals surface area contributed by atoms with Crippen molar-refractivity contribution in [3.05, 3.63) is 35.5 Å². The van der Waals surface area contributed by atoms with Crippen molar-refractivity contribution in [1.82, 2.24) is 20.5 Å². The first-order chi connectivity index (χ1) is 14.3. The molecule has 2 fully saturated rings. The fourth-order valence-corrected chi connectivity index (χ4v) is 4.72. The normalized spacial score (nSPS) is 23.5. The number of nitrogens with zero attached hydrogens (tertiary/aromatic N) is 1. The number of rotatable bonds is 5. The second-order valence-electron chi connectivity index (χ2n) is 9.08. The van der Waals surface area contributed by atoms with Crippen molar-refractivity contribution in [1.29, 1.82) is 0 Å². The van der Waals surface area contributed by atoms with Crippen LogP contribution in [0, 0.1) is 18.3 Å². The Kier molecular flexibility index (Phi) is 5.30. The summed E-state index contributed by atoms with van der Waals surface area (Å²) in [6, 6.07) is 5.75. The Balaban J connectivity index is 1.33. The zero-order valence-electron chi connectivity index (χ0n) is 17.9. The molecule has 2 aliphatic rings. The molecule has 0 unspecified atom stereocenters. The fraction of sp³-hybridized carbons (Fsp3) is 0.522. The highest BCUT2D eigenvalue weighted by Gasteiger charge is 2.53. The SMILES string of the molecule is Cc1ccc2[nH]cc(CCNC(=O)[C@@H]3C[C@@]4(CCN(C(=O)C(C)C)C4)C(=O)N3)c2c1. The Morgan fingerprint density at radius 1 is 1.33 bits per heavy atom. The second kappa shape index (κ2) is 7.78. The monoisotopic (exact) mass is 410 g/mol. The maximum atomic E-state index is 12.7. The van der Waals surface area contributed by atoms with Crippen LogP contribution in [0.5, 0.6) is 0 Å². The number of likely N-dealkylation sites (tertiary alicyclic amines) is 1. The number of hydrogen-bond donors (Lipinski definition) is 3. The molecule has 7 heteroatoms. The molecule has 3 amide bonds. The molecule has 2 saturated heterocycles. The summed E-state index contributed by atoms with van der Waals surface area (Å²) in [6.45, 7) is 7.31. The Morgan fingerprint density at radius 2 is 2.13 bits per heavy atom. The molecule has 30 heavy (non-hydrogen) atoms. The van der Waals surface area contributed by atoms with E-state index in [2.05, 4.69) is 40.7 Å². The van der Waals surface area contributed by atoms with E-state index in [1.54, 1.807) is 4.90 Å². The molecule has 2 aromatic rings. The van der Waals surface area contributed by atoms with Crippen molar-refractivity contribution in [3.8, 4) is 0 Å². The lowest BCUT2D eigenvalue weighted by Crippen LogP contribution is -2.42. The highest BCUT2D eigenvalue weighted by atomic mass is 16.2. The summed E-state index contributed by atoms with van der Waals surface area (Å²) < 4.78 is 0. The number of carbonyl (C=O) groups is 3. The number of carbonyl (C=O) groups excluding carboxylic acids is 3. The molecule has 0 bridgehead atoms. The Morgan fingerprint density at radius 3 is 2.90 bits per heavy atom. The number of aromatic nitrogens is 1. The van der Waals surface area contributed by atoms with E-state index in [4.69, 9.17) is 0 Å². The predicted molar refractivity (Wildman–Crippen MR) is 115 cm³/mol. The van der Waals surface area contributed by atoms with Gasteiger partial charge in [-0.25, -0.2) is 0 Å². The Labute approximate surface area is 176 Å². The topological polar surface area (TPSA) is 94.3 Å². The van der Waals surface area contributed by atoms with Crippen molar-refractivity contribution in [3.63, 3.8) is 0 Å². The smallest absolute Gasteiger partial charge is 0.242 e. The van der Waals surface area contributed by atoms with Crippen LogP contribution >= 0.6 is 0 Å².